The minimum atomic E-state index is -0.453. The SMILES string of the molecule is CCc1ccc(COC(=O)COc2ccc(Cl)cc2Cl)cc1. The Bertz CT molecular complexity index is 639. The molecule has 0 aromatic heterocycles. The van der Waals surface area contributed by atoms with Gasteiger partial charge in [0.25, 0.3) is 0 Å². The first-order valence-corrected chi connectivity index (χ1v) is 7.65. The molecule has 0 saturated carbocycles. The van der Waals surface area contributed by atoms with Crippen molar-refractivity contribution in [3.8, 4) is 5.75 Å². The Kier molecular flexibility index (Phi) is 6.10. The average Bonchev–Trinajstić information content (AvgIpc) is 2.52. The Morgan fingerprint density at radius 2 is 1.73 bits per heavy atom. The molecule has 2 rings (SSSR count). The van der Waals surface area contributed by atoms with Crippen molar-refractivity contribution in [3.63, 3.8) is 0 Å². The topological polar surface area (TPSA) is 35.5 Å². The van der Waals surface area contributed by atoms with Crippen LogP contribution in [0.5, 0.6) is 5.75 Å². The Hall–Kier alpha value is -1.71. The van der Waals surface area contributed by atoms with E-state index in [0.29, 0.717) is 15.8 Å². The van der Waals surface area contributed by atoms with Crippen molar-refractivity contribution in [1.82, 2.24) is 0 Å². The van der Waals surface area contributed by atoms with Crippen molar-refractivity contribution >= 4 is 29.2 Å². The fourth-order valence-corrected chi connectivity index (χ4v) is 2.27. The summed E-state index contributed by atoms with van der Waals surface area (Å²) < 4.78 is 10.5. The number of carbonyl (C=O) groups is 1. The first kappa shape index (κ1) is 16.7. The van der Waals surface area contributed by atoms with Crippen LogP contribution in [0.3, 0.4) is 0 Å². The molecule has 2 aromatic rings. The Balaban J connectivity index is 1.80. The Morgan fingerprint density at radius 1 is 1.05 bits per heavy atom. The number of halogens is 2. The van der Waals surface area contributed by atoms with E-state index in [9.17, 15) is 4.79 Å². The third-order valence-corrected chi connectivity index (χ3v) is 3.60. The number of esters is 1. The molecule has 5 heteroatoms. The highest BCUT2D eigenvalue weighted by atomic mass is 35.5. The second-order valence-corrected chi connectivity index (χ2v) is 5.54. The highest BCUT2D eigenvalue weighted by Gasteiger charge is 2.08. The molecule has 0 fully saturated rings. The summed E-state index contributed by atoms with van der Waals surface area (Å²) in [5.41, 5.74) is 2.19. The van der Waals surface area contributed by atoms with Crippen molar-refractivity contribution in [2.75, 3.05) is 6.61 Å². The predicted octanol–water partition coefficient (Wildman–Crippen LogP) is 4.68. The van der Waals surface area contributed by atoms with Gasteiger partial charge in [0.05, 0.1) is 5.02 Å². The fraction of sp³-hybridized carbons (Fsp3) is 0.235. The normalized spacial score (nSPS) is 10.3. The molecule has 0 aliphatic carbocycles. The van der Waals surface area contributed by atoms with Gasteiger partial charge in [0, 0.05) is 5.02 Å². The zero-order chi connectivity index (χ0) is 15.9. The van der Waals surface area contributed by atoms with E-state index in [1.165, 1.54) is 5.56 Å². The highest BCUT2D eigenvalue weighted by Crippen LogP contribution is 2.27. The maximum absolute atomic E-state index is 11.7. The van der Waals surface area contributed by atoms with Crippen molar-refractivity contribution in [2.24, 2.45) is 0 Å². The molecule has 0 heterocycles. The van der Waals surface area contributed by atoms with E-state index in [2.05, 4.69) is 6.92 Å². The Labute approximate surface area is 139 Å². The predicted molar refractivity (Wildman–Crippen MR) is 87.6 cm³/mol. The van der Waals surface area contributed by atoms with Gasteiger partial charge >= 0.3 is 5.97 Å². The van der Waals surface area contributed by atoms with Crippen molar-refractivity contribution < 1.29 is 14.3 Å². The van der Waals surface area contributed by atoms with Crippen LogP contribution in [-0.4, -0.2) is 12.6 Å². The summed E-state index contributed by atoms with van der Waals surface area (Å²) in [5.74, 6) is -0.0547. The number of aryl methyl sites for hydroxylation is 1. The number of ether oxygens (including phenoxy) is 2. The molecule has 0 N–H and O–H groups in total. The van der Waals surface area contributed by atoms with E-state index in [-0.39, 0.29) is 13.2 Å². The van der Waals surface area contributed by atoms with Crippen molar-refractivity contribution in [2.45, 2.75) is 20.0 Å². The summed E-state index contributed by atoms with van der Waals surface area (Å²) in [6, 6.07) is 12.7. The van der Waals surface area contributed by atoms with Crippen LogP contribution in [0.2, 0.25) is 10.0 Å². The second-order valence-electron chi connectivity index (χ2n) is 4.69. The monoisotopic (exact) mass is 338 g/mol. The molecule has 0 spiro atoms. The van der Waals surface area contributed by atoms with E-state index in [1.807, 2.05) is 24.3 Å². The van der Waals surface area contributed by atoms with Crippen LogP contribution >= 0.6 is 23.2 Å². The van der Waals surface area contributed by atoms with Gasteiger partial charge in [0.15, 0.2) is 6.61 Å². The van der Waals surface area contributed by atoms with Gasteiger partial charge in [-0.25, -0.2) is 4.79 Å². The summed E-state index contributed by atoms with van der Waals surface area (Å²) in [7, 11) is 0. The summed E-state index contributed by atoms with van der Waals surface area (Å²) >= 11 is 11.7. The fourth-order valence-electron chi connectivity index (χ4n) is 1.81. The molecule has 0 bridgehead atoms. The molecular formula is C17H16Cl2O3. The molecule has 116 valence electrons. The third-order valence-electron chi connectivity index (χ3n) is 3.07. The molecule has 0 saturated heterocycles. The number of hydrogen-bond acceptors (Lipinski definition) is 3. The van der Waals surface area contributed by atoms with Gasteiger partial charge in [-0.2, -0.15) is 0 Å². The number of benzene rings is 2. The maximum atomic E-state index is 11.7. The van der Waals surface area contributed by atoms with Crippen LogP contribution in [0.4, 0.5) is 0 Å². The van der Waals surface area contributed by atoms with Gasteiger partial charge in [-0.05, 0) is 35.7 Å². The van der Waals surface area contributed by atoms with E-state index >= 15 is 0 Å². The lowest BCUT2D eigenvalue weighted by Gasteiger charge is -2.09. The summed E-state index contributed by atoms with van der Waals surface area (Å²) in [6.45, 7) is 2.11. The minimum absolute atomic E-state index is 0.200. The third kappa shape index (κ3) is 4.93. The molecule has 22 heavy (non-hydrogen) atoms. The number of rotatable bonds is 6. The molecule has 0 radical (unpaired) electrons. The lowest BCUT2D eigenvalue weighted by molar-refractivity contribution is -0.147. The molecule has 2 aromatic carbocycles. The van der Waals surface area contributed by atoms with Gasteiger partial charge in [0.1, 0.15) is 12.4 Å². The lowest BCUT2D eigenvalue weighted by atomic mass is 10.1. The molecule has 0 atom stereocenters. The first-order valence-electron chi connectivity index (χ1n) is 6.89. The maximum Gasteiger partial charge on any atom is 0.344 e. The largest absolute Gasteiger partial charge is 0.480 e. The highest BCUT2D eigenvalue weighted by molar-refractivity contribution is 6.35. The molecule has 0 aliphatic rings. The van der Waals surface area contributed by atoms with E-state index in [0.717, 1.165) is 12.0 Å². The van der Waals surface area contributed by atoms with Gasteiger partial charge in [-0.3, -0.25) is 0 Å². The standard InChI is InChI=1S/C17H16Cl2O3/c1-2-12-3-5-13(6-4-12)10-22-17(20)11-21-16-8-7-14(18)9-15(16)19/h3-9H,2,10-11H2,1H3. The van der Waals surface area contributed by atoms with Crippen LogP contribution in [0.1, 0.15) is 18.1 Å². The van der Waals surface area contributed by atoms with Gasteiger partial charge < -0.3 is 9.47 Å². The van der Waals surface area contributed by atoms with Crippen LogP contribution in [0.15, 0.2) is 42.5 Å². The quantitative estimate of drug-likeness (QED) is 0.717. The molecule has 3 nitrogen and oxygen atoms in total. The molecule has 0 aliphatic heterocycles. The second kappa shape index (κ2) is 8.06. The smallest absolute Gasteiger partial charge is 0.344 e. The van der Waals surface area contributed by atoms with Crippen LogP contribution in [0, 0.1) is 0 Å². The zero-order valence-corrected chi connectivity index (χ0v) is 13.7. The van der Waals surface area contributed by atoms with Crippen LogP contribution in [-0.2, 0) is 22.6 Å². The first-order chi connectivity index (χ1) is 10.6. The summed E-state index contributed by atoms with van der Waals surface area (Å²) in [6.07, 6.45) is 0.982. The van der Waals surface area contributed by atoms with E-state index in [1.54, 1.807) is 18.2 Å². The minimum Gasteiger partial charge on any atom is -0.480 e. The van der Waals surface area contributed by atoms with Gasteiger partial charge in [-0.15, -0.1) is 0 Å². The van der Waals surface area contributed by atoms with Crippen molar-refractivity contribution in [3.05, 3.63) is 63.6 Å². The Morgan fingerprint density at radius 3 is 2.36 bits per heavy atom. The molecule has 0 amide bonds. The number of hydrogen-bond donors (Lipinski definition) is 0. The molecular weight excluding hydrogens is 323 g/mol. The summed E-state index contributed by atoms with van der Waals surface area (Å²) in [4.78, 5) is 11.7. The summed E-state index contributed by atoms with van der Waals surface area (Å²) in [5, 5.41) is 0.867. The zero-order valence-electron chi connectivity index (χ0n) is 12.1. The lowest BCUT2D eigenvalue weighted by Crippen LogP contribution is -2.14. The average molecular weight is 339 g/mol. The van der Waals surface area contributed by atoms with Gasteiger partial charge in [0.2, 0.25) is 0 Å². The van der Waals surface area contributed by atoms with Crippen LogP contribution < -0.4 is 4.74 Å². The van der Waals surface area contributed by atoms with Gasteiger partial charge in [-0.1, -0.05) is 54.4 Å². The van der Waals surface area contributed by atoms with Crippen LogP contribution in [0.25, 0.3) is 0 Å². The number of carbonyl (C=O) groups excluding carboxylic acids is 1. The molecule has 0 unspecified atom stereocenters. The van der Waals surface area contributed by atoms with E-state index < -0.39 is 5.97 Å². The van der Waals surface area contributed by atoms with E-state index in [4.69, 9.17) is 32.7 Å². The van der Waals surface area contributed by atoms with Crippen molar-refractivity contribution in [1.29, 1.82) is 0 Å².